The molecule has 0 saturated heterocycles. The summed E-state index contributed by atoms with van der Waals surface area (Å²) in [6, 6.07) is 12.3. The Bertz CT molecular complexity index is 943. The van der Waals surface area contributed by atoms with Gasteiger partial charge in [0.05, 0.1) is 10.9 Å². The zero-order chi connectivity index (χ0) is 18.7. The van der Waals surface area contributed by atoms with Gasteiger partial charge in [-0.2, -0.15) is 4.68 Å². The number of nitrogens with zero attached hydrogens (tertiary/aromatic N) is 4. The number of hydrogen-bond donors (Lipinski definition) is 1. The van der Waals surface area contributed by atoms with Crippen LogP contribution in [0, 0.1) is 19.7 Å². The summed E-state index contributed by atoms with van der Waals surface area (Å²) in [5.74, 6) is -0.607. The Kier molecular flexibility index (Phi) is 5.32. The predicted octanol–water partition coefficient (Wildman–Crippen LogP) is 3.54. The van der Waals surface area contributed by atoms with E-state index in [1.54, 1.807) is 30.7 Å². The summed E-state index contributed by atoms with van der Waals surface area (Å²) < 4.78 is 15.2. The number of rotatable bonds is 5. The van der Waals surface area contributed by atoms with Crippen LogP contribution in [-0.4, -0.2) is 31.4 Å². The maximum absolute atomic E-state index is 13.6. The number of benzene rings is 2. The molecule has 0 aliphatic heterocycles. The number of aromatic nitrogens is 4. The first-order chi connectivity index (χ1) is 12.5. The van der Waals surface area contributed by atoms with Crippen LogP contribution in [0.4, 0.5) is 10.1 Å². The Morgan fingerprint density at radius 1 is 1.19 bits per heavy atom. The summed E-state index contributed by atoms with van der Waals surface area (Å²) in [6.07, 6.45) is 0. The fourth-order valence-electron chi connectivity index (χ4n) is 2.33. The minimum absolute atomic E-state index is 0.252. The minimum atomic E-state index is -0.465. The lowest BCUT2D eigenvalue weighted by Gasteiger charge is -2.12. The van der Waals surface area contributed by atoms with Crippen molar-refractivity contribution in [3.8, 4) is 5.69 Å². The topological polar surface area (TPSA) is 72.7 Å². The predicted molar refractivity (Wildman–Crippen MR) is 99.0 cm³/mol. The van der Waals surface area contributed by atoms with Crippen molar-refractivity contribution in [2.24, 2.45) is 0 Å². The third-order valence-corrected chi connectivity index (χ3v) is 4.91. The molecule has 0 aliphatic rings. The number of amides is 1. The molecule has 0 bridgehead atoms. The highest BCUT2D eigenvalue weighted by Gasteiger charge is 2.20. The molecule has 3 aromatic rings. The smallest absolute Gasteiger partial charge is 0.237 e. The normalized spacial score (nSPS) is 12.0. The fourth-order valence-corrected chi connectivity index (χ4v) is 3.13. The summed E-state index contributed by atoms with van der Waals surface area (Å²) in [5, 5.41) is 14.5. The Labute approximate surface area is 154 Å². The van der Waals surface area contributed by atoms with Crippen molar-refractivity contribution < 1.29 is 9.18 Å². The van der Waals surface area contributed by atoms with Gasteiger partial charge in [-0.15, -0.1) is 5.10 Å². The third kappa shape index (κ3) is 3.91. The second-order valence-electron chi connectivity index (χ2n) is 5.87. The van der Waals surface area contributed by atoms with Crippen LogP contribution in [0.5, 0.6) is 0 Å². The standard InChI is InChI=1S/C18H18FN5OS/c1-11-8-9-14(10-15(11)19)20-17(25)13(3)26-18-21-22-23-24(18)16-7-5-4-6-12(16)2/h4-10,13H,1-3H3,(H,20,25)/t13-/m0/s1. The lowest BCUT2D eigenvalue weighted by Crippen LogP contribution is -2.23. The van der Waals surface area contributed by atoms with Gasteiger partial charge >= 0.3 is 0 Å². The van der Waals surface area contributed by atoms with E-state index in [9.17, 15) is 9.18 Å². The van der Waals surface area contributed by atoms with Crippen LogP contribution in [0.2, 0.25) is 0 Å². The number of anilines is 1. The lowest BCUT2D eigenvalue weighted by atomic mass is 10.2. The van der Waals surface area contributed by atoms with Gasteiger partial charge in [-0.25, -0.2) is 4.39 Å². The van der Waals surface area contributed by atoms with Crippen molar-refractivity contribution in [3.05, 3.63) is 59.4 Å². The molecule has 0 aliphatic carbocycles. The first-order valence-corrected chi connectivity index (χ1v) is 8.91. The molecule has 1 aromatic heterocycles. The Morgan fingerprint density at radius 2 is 1.96 bits per heavy atom. The monoisotopic (exact) mass is 371 g/mol. The van der Waals surface area contributed by atoms with Gasteiger partial charge in [0.25, 0.3) is 0 Å². The summed E-state index contributed by atoms with van der Waals surface area (Å²) in [6.45, 7) is 5.39. The van der Waals surface area contributed by atoms with Crippen LogP contribution >= 0.6 is 11.8 Å². The van der Waals surface area contributed by atoms with Crippen LogP contribution in [0.25, 0.3) is 5.69 Å². The van der Waals surface area contributed by atoms with Gasteiger partial charge in [-0.3, -0.25) is 4.79 Å². The molecular weight excluding hydrogens is 353 g/mol. The molecule has 134 valence electrons. The quantitative estimate of drug-likeness (QED) is 0.695. The largest absolute Gasteiger partial charge is 0.325 e. The average Bonchev–Trinajstić information content (AvgIpc) is 3.06. The highest BCUT2D eigenvalue weighted by molar-refractivity contribution is 8.00. The summed E-state index contributed by atoms with van der Waals surface area (Å²) in [5.41, 5.74) is 2.83. The van der Waals surface area contributed by atoms with E-state index < -0.39 is 5.25 Å². The number of thioether (sulfide) groups is 1. The molecule has 2 aromatic carbocycles. The number of hydrogen-bond acceptors (Lipinski definition) is 5. The second-order valence-corrected chi connectivity index (χ2v) is 7.18. The number of tetrazole rings is 1. The zero-order valence-corrected chi connectivity index (χ0v) is 15.4. The maximum Gasteiger partial charge on any atom is 0.237 e. The van der Waals surface area contributed by atoms with Crippen molar-refractivity contribution >= 4 is 23.4 Å². The molecule has 26 heavy (non-hydrogen) atoms. The zero-order valence-electron chi connectivity index (χ0n) is 14.6. The van der Waals surface area contributed by atoms with Crippen LogP contribution in [0.3, 0.4) is 0 Å². The van der Waals surface area contributed by atoms with E-state index in [2.05, 4.69) is 20.8 Å². The molecule has 1 amide bonds. The summed E-state index contributed by atoms with van der Waals surface area (Å²) in [4.78, 5) is 12.4. The fraction of sp³-hybridized carbons (Fsp3) is 0.222. The van der Waals surface area contributed by atoms with Crippen molar-refractivity contribution in [1.29, 1.82) is 0 Å². The highest BCUT2D eigenvalue weighted by Crippen LogP contribution is 2.25. The van der Waals surface area contributed by atoms with E-state index >= 15 is 0 Å². The molecule has 0 radical (unpaired) electrons. The number of para-hydroxylation sites is 1. The van der Waals surface area contributed by atoms with E-state index in [-0.39, 0.29) is 11.7 Å². The summed E-state index contributed by atoms with van der Waals surface area (Å²) in [7, 11) is 0. The molecule has 0 fully saturated rings. The molecule has 0 spiro atoms. The van der Waals surface area contributed by atoms with Gasteiger partial charge < -0.3 is 5.32 Å². The molecule has 8 heteroatoms. The van der Waals surface area contributed by atoms with E-state index in [4.69, 9.17) is 0 Å². The number of aryl methyl sites for hydroxylation is 2. The van der Waals surface area contributed by atoms with E-state index in [1.165, 1.54) is 17.8 Å². The van der Waals surface area contributed by atoms with Crippen LogP contribution < -0.4 is 5.32 Å². The molecule has 1 heterocycles. The van der Waals surface area contributed by atoms with E-state index in [0.717, 1.165) is 11.3 Å². The van der Waals surface area contributed by atoms with E-state index in [0.29, 0.717) is 16.4 Å². The molecule has 0 saturated carbocycles. The minimum Gasteiger partial charge on any atom is -0.325 e. The maximum atomic E-state index is 13.6. The number of carbonyl (C=O) groups is 1. The second kappa shape index (κ2) is 7.65. The number of carbonyl (C=O) groups excluding carboxylic acids is 1. The van der Waals surface area contributed by atoms with Crippen LogP contribution in [0.15, 0.2) is 47.6 Å². The van der Waals surface area contributed by atoms with Gasteiger partial charge in [0, 0.05) is 5.69 Å². The van der Waals surface area contributed by atoms with Gasteiger partial charge in [0.15, 0.2) is 0 Å². The van der Waals surface area contributed by atoms with Gasteiger partial charge in [0.1, 0.15) is 5.82 Å². The van der Waals surface area contributed by atoms with Gasteiger partial charge in [-0.05, 0) is 60.5 Å². The van der Waals surface area contributed by atoms with Gasteiger partial charge in [0.2, 0.25) is 11.1 Å². The highest BCUT2D eigenvalue weighted by atomic mass is 32.2. The Morgan fingerprint density at radius 3 is 2.69 bits per heavy atom. The lowest BCUT2D eigenvalue weighted by molar-refractivity contribution is -0.115. The number of nitrogens with one attached hydrogen (secondary N) is 1. The average molecular weight is 371 g/mol. The number of halogens is 1. The molecule has 3 rings (SSSR count). The molecule has 1 atom stereocenters. The van der Waals surface area contributed by atoms with Crippen molar-refractivity contribution in [1.82, 2.24) is 20.2 Å². The summed E-state index contributed by atoms with van der Waals surface area (Å²) >= 11 is 1.24. The molecular formula is C18H18FN5OS. The Hall–Kier alpha value is -2.74. The van der Waals surface area contributed by atoms with Crippen molar-refractivity contribution in [3.63, 3.8) is 0 Å². The Balaban J connectivity index is 1.73. The van der Waals surface area contributed by atoms with Crippen molar-refractivity contribution in [2.45, 2.75) is 31.2 Å². The van der Waals surface area contributed by atoms with Crippen molar-refractivity contribution in [2.75, 3.05) is 5.32 Å². The molecule has 0 unspecified atom stereocenters. The first-order valence-electron chi connectivity index (χ1n) is 8.04. The SMILES string of the molecule is Cc1ccc(NC(=O)[C@H](C)Sc2nnnn2-c2ccccc2C)cc1F. The van der Waals surface area contributed by atoms with Crippen LogP contribution in [-0.2, 0) is 4.79 Å². The van der Waals surface area contributed by atoms with E-state index in [1.807, 2.05) is 31.2 Å². The molecule has 6 nitrogen and oxygen atoms in total. The third-order valence-electron chi connectivity index (χ3n) is 3.88. The van der Waals surface area contributed by atoms with Crippen LogP contribution in [0.1, 0.15) is 18.1 Å². The first kappa shape index (κ1) is 18.1. The van der Waals surface area contributed by atoms with Gasteiger partial charge in [-0.1, -0.05) is 36.0 Å². The molecule has 1 N–H and O–H groups in total.